The molecule has 3 nitrogen and oxygen atoms in total. The zero-order valence-corrected chi connectivity index (χ0v) is 10.5. The van der Waals surface area contributed by atoms with Crippen molar-refractivity contribution in [3.05, 3.63) is 34.5 Å². The average molecular weight is 247 g/mol. The Kier molecular flexibility index (Phi) is 3.22. The van der Waals surface area contributed by atoms with Crippen LogP contribution in [0.2, 0.25) is 0 Å². The quantitative estimate of drug-likeness (QED) is 0.817. The van der Waals surface area contributed by atoms with Gasteiger partial charge in [0.1, 0.15) is 11.1 Å². The molecule has 2 rings (SSSR count). The van der Waals surface area contributed by atoms with Crippen LogP contribution < -0.4 is 0 Å². The van der Waals surface area contributed by atoms with E-state index in [0.29, 0.717) is 5.56 Å². The zero-order valence-electron chi connectivity index (χ0n) is 8.89. The maximum Gasteiger partial charge on any atom is 0.156 e. The van der Waals surface area contributed by atoms with Gasteiger partial charge in [-0.1, -0.05) is 0 Å². The van der Waals surface area contributed by atoms with Gasteiger partial charge in [-0.3, -0.25) is 0 Å². The van der Waals surface area contributed by atoms with Crippen LogP contribution in [0.1, 0.15) is 16.8 Å². The van der Waals surface area contributed by atoms with Gasteiger partial charge in [0, 0.05) is 17.3 Å². The standard InChI is InChI=1S/C11H9N3S2/c1-7-5-8(2)14-10(9(7)6-12)16-11-13-3-4-15-11/h3-5H,1-2H3. The first-order valence-electron chi connectivity index (χ1n) is 4.66. The Morgan fingerprint density at radius 3 is 2.88 bits per heavy atom. The minimum atomic E-state index is 0.644. The summed E-state index contributed by atoms with van der Waals surface area (Å²) in [6, 6.07) is 4.12. The SMILES string of the molecule is Cc1cc(C)c(C#N)c(Sc2nccs2)n1. The number of aryl methyl sites for hydroxylation is 2. The van der Waals surface area contributed by atoms with Gasteiger partial charge in [-0.05, 0) is 37.2 Å². The largest absolute Gasteiger partial charge is 0.245 e. The summed E-state index contributed by atoms with van der Waals surface area (Å²) in [5.41, 5.74) is 2.54. The van der Waals surface area contributed by atoms with E-state index in [-0.39, 0.29) is 0 Å². The number of nitrogens with zero attached hydrogens (tertiary/aromatic N) is 3. The first-order chi connectivity index (χ1) is 7.70. The highest BCUT2D eigenvalue weighted by molar-refractivity contribution is 8.01. The molecule has 0 fully saturated rings. The number of pyridine rings is 1. The molecule has 0 spiro atoms. The number of aromatic nitrogens is 2. The highest BCUT2D eigenvalue weighted by atomic mass is 32.2. The Hall–Kier alpha value is -1.38. The molecule has 0 unspecified atom stereocenters. The van der Waals surface area contributed by atoms with Gasteiger partial charge in [-0.25, -0.2) is 9.97 Å². The molecule has 80 valence electrons. The number of rotatable bonds is 2. The lowest BCUT2D eigenvalue weighted by molar-refractivity contribution is 1.03. The van der Waals surface area contributed by atoms with E-state index < -0.39 is 0 Å². The van der Waals surface area contributed by atoms with Crippen molar-refractivity contribution in [3.8, 4) is 6.07 Å². The van der Waals surface area contributed by atoms with E-state index in [1.54, 1.807) is 17.5 Å². The molecule has 0 aliphatic heterocycles. The van der Waals surface area contributed by atoms with Crippen LogP contribution in [-0.2, 0) is 0 Å². The number of nitriles is 1. The van der Waals surface area contributed by atoms with Gasteiger partial charge in [-0.15, -0.1) is 11.3 Å². The molecule has 0 radical (unpaired) electrons. The van der Waals surface area contributed by atoms with E-state index in [1.165, 1.54) is 11.8 Å². The van der Waals surface area contributed by atoms with E-state index >= 15 is 0 Å². The van der Waals surface area contributed by atoms with Crippen molar-refractivity contribution in [1.82, 2.24) is 9.97 Å². The maximum atomic E-state index is 9.10. The van der Waals surface area contributed by atoms with Crippen LogP contribution in [0.3, 0.4) is 0 Å². The third-order valence-electron chi connectivity index (χ3n) is 2.02. The molecule has 0 atom stereocenters. The fraction of sp³-hybridized carbons (Fsp3) is 0.182. The Labute approximate surface area is 102 Å². The van der Waals surface area contributed by atoms with Gasteiger partial charge in [0.25, 0.3) is 0 Å². The van der Waals surface area contributed by atoms with E-state index in [2.05, 4.69) is 16.0 Å². The lowest BCUT2D eigenvalue weighted by Gasteiger charge is -2.05. The minimum Gasteiger partial charge on any atom is -0.245 e. The van der Waals surface area contributed by atoms with Crippen LogP contribution in [0, 0.1) is 25.2 Å². The Bertz CT molecular complexity index is 541. The molecular weight excluding hydrogens is 238 g/mol. The molecule has 0 saturated heterocycles. The van der Waals surface area contributed by atoms with Gasteiger partial charge in [-0.2, -0.15) is 5.26 Å². The monoisotopic (exact) mass is 247 g/mol. The highest BCUT2D eigenvalue weighted by Gasteiger charge is 2.11. The fourth-order valence-electron chi connectivity index (χ4n) is 1.36. The summed E-state index contributed by atoms with van der Waals surface area (Å²) in [5, 5.41) is 11.8. The van der Waals surface area contributed by atoms with E-state index in [9.17, 15) is 0 Å². The van der Waals surface area contributed by atoms with Crippen molar-refractivity contribution in [2.75, 3.05) is 0 Å². The molecule has 0 amide bonds. The molecule has 2 aromatic heterocycles. The van der Waals surface area contributed by atoms with Gasteiger partial charge < -0.3 is 0 Å². The van der Waals surface area contributed by atoms with Crippen molar-refractivity contribution in [1.29, 1.82) is 5.26 Å². The first-order valence-corrected chi connectivity index (χ1v) is 6.36. The zero-order chi connectivity index (χ0) is 11.5. The third-order valence-corrected chi connectivity index (χ3v) is 3.89. The maximum absolute atomic E-state index is 9.10. The molecule has 5 heteroatoms. The summed E-state index contributed by atoms with van der Waals surface area (Å²) in [4.78, 5) is 8.57. The van der Waals surface area contributed by atoms with E-state index in [4.69, 9.17) is 5.26 Å². The molecule has 2 aromatic rings. The fourth-order valence-corrected chi connectivity index (χ4v) is 3.09. The van der Waals surface area contributed by atoms with E-state index in [1.807, 2.05) is 25.3 Å². The van der Waals surface area contributed by atoms with Gasteiger partial charge >= 0.3 is 0 Å². The van der Waals surface area contributed by atoms with Crippen LogP contribution in [-0.4, -0.2) is 9.97 Å². The van der Waals surface area contributed by atoms with E-state index in [0.717, 1.165) is 20.6 Å². The summed E-state index contributed by atoms with van der Waals surface area (Å²) < 4.78 is 0.911. The summed E-state index contributed by atoms with van der Waals surface area (Å²) >= 11 is 3.00. The molecule has 16 heavy (non-hydrogen) atoms. The van der Waals surface area contributed by atoms with Gasteiger partial charge in [0.15, 0.2) is 4.34 Å². The predicted molar refractivity (Wildman–Crippen MR) is 64.7 cm³/mol. The number of thiazole rings is 1. The van der Waals surface area contributed by atoms with Gasteiger partial charge in [0.05, 0.1) is 5.56 Å². The summed E-state index contributed by atoms with van der Waals surface area (Å²) in [7, 11) is 0. The number of hydrogen-bond donors (Lipinski definition) is 0. The van der Waals surface area contributed by atoms with Crippen molar-refractivity contribution in [2.24, 2.45) is 0 Å². The molecule has 0 saturated carbocycles. The molecule has 0 N–H and O–H groups in total. The van der Waals surface area contributed by atoms with Crippen LogP contribution in [0.4, 0.5) is 0 Å². The smallest absolute Gasteiger partial charge is 0.156 e. The molecule has 2 heterocycles. The summed E-state index contributed by atoms with van der Waals surface area (Å²) in [6.45, 7) is 3.86. The average Bonchev–Trinajstić information content (AvgIpc) is 2.70. The highest BCUT2D eigenvalue weighted by Crippen LogP contribution is 2.31. The van der Waals surface area contributed by atoms with Crippen molar-refractivity contribution in [3.63, 3.8) is 0 Å². The van der Waals surface area contributed by atoms with Crippen molar-refractivity contribution in [2.45, 2.75) is 23.2 Å². The lowest BCUT2D eigenvalue weighted by Crippen LogP contribution is -1.93. The Morgan fingerprint density at radius 1 is 1.44 bits per heavy atom. The molecule has 0 aliphatic rings. The molecular formula is C11H9N3S2. The van der Waals surface area contributed by atoms with Crippen LogP contribution in [0.5, 0.6) is 0 Å². The topological polar surface area (TPSA) is 49.6 Å². The third kappa shape index (κ3) is 2.23. The molecule has 0 bridgehead atoms. The van der Waals surface area contributed by atoms with Crippen LogP contribution in [0.15, 0.2) is 27.0 Å². The Morgan fingerprint density at radius 2 is 2.25 bits per heavy atom. The Balaban J connectivity index is 2.44. The molecule has 0 aliphatic carbocycles. The van der Waals surface area contributed by atoms with Crippen LogP contribution in [0.25, 0.3) is 0 Å². The second kappa shape index (κ2) is 4.64. The van der Waals surface area contributed by atoms with Crippen LogP contribution >= 0.6 is 23.1 Å². The van der Waals surface area contributed by atoms with Crippen molar-refractivity contribution < 1.29 is 0 Å². The van der Waals surface area contributed by atoms with Gasteiger partial charge in [0.2, 0.25) is 0 Å². The second-order valence-electron chi connectivity index (χ2n) is 3.27. The second-order valence-corrected chi connectivity index (χ2v) is 5.40. The number of hydrogen-bond acceptors (Lipinski definition) is 5. The summed E-state index contributed by atoms with van der Waals surface area (Å²) in [6.07, 6.45) is 1.75. The summed E-state index contributed by atoms with van der Waals surface area (Å²) in [5.74, 6) is 0. The predicted octanol–water partition coefficient (Wildman–Crippen LogP) is 3.18. The van der Waals surface area contributed by atoms with Crippen molar-refractivity contribution >= 4 is 23.1 Å². The normalized spacial score (nSPS) is 10.1. The first kappa shape index (κ1) is 11.1. The minimum absolute atomic E-state index is 0.644. The lowest BCUT2D eigenvalue weighted by atomic mass is 10.1. The molecule has 0 aromatic carbocycles.